The lowest BCUT2D eigenvalue weighted by atomic mass is 10.1. The number of fused-ring (bicyclic) bond motifs is 3. The lowest BCUT2D eigenvalue weighted by Crippen LogP contribution is -2.38. The van der Waals surface area contributed by atoms with Crippen molar-refractivity contribution in [2.24, 2.45) is 7.05 Å². The zero-order valence-corrected chi connectivity index (χ0v) is 15.2. The van der Waals surface area contributed by atoms with E-state index >= 15 is 0 Å². The maximum Gasteiger partial charge on any atom is 0.214 e. The van der Waals surface area contributed by atoms with Crippen LogP contribution in [0, 0.1) is 0 Å². The first kappa shape index (κ1) is 16.4. The van der Waals surface area contributed by atoms with Crippen LogP contribution in [0.4, 0.5) is 0 Å². The van der Waals surface area contributed by atoms with Gasteiger partial charge in [0, 0.05) is 30.2 Å². The topological polar surface area (TPSA) is 42.3 Å². The second-order valence-corrected chi connectivity index (χ2v) is 8.73. The third kappa shape index (κ3) is 2.98. The number of hydrogen-bond acceptors (Lipinski definition) is 2. The maximum absolute atomic E-state index is 12.8. The molecule has 0 spiro atoms. The number of sulfonamides is 1. The molecule has 1 aromatic heterocycles. The Labute approximate surface area is 148 Å². The van der Waals surface area contributed by atoms with Crippen molar-refractivity contribution in [2.75, 3.05) is 12.3 Å². The molecule has 1 aliphatic heterocycles. The van der Waals surface area contributed by atoms with Gasteiger partial charge in [0.15, 0.2) is 0 Å². The zero-order chi connectivity index (χ0) is 17.4. The molecular weight excluding hydrogens is 332 g/mol. The molecule has 3 aromatic rings. The van der Waals surface area contributed by atoms with E-state index in [0.717, 1.165) is 17.7 Å². The summed E-state index contributed by atoms with van der Waals surface area (Å²) in [5.41, 5.74) is 4.66. The van der Waals surface area contributed by atoms with Crippen molar-refractivity contribution in [2.45, 2.75) is 19.4 Å². The van der Waals surface area contributed by atoms with Crippen LogP contribution in [-0.2, 0) is 36.5 Å². The van der Waals surface area contributed by atoms with E-state index < -0.39 is 10.0 Å². The second-order valence-electron chi connectivity index (χ2n) is 6.64. The Morgan fingerprint density at radius 3 is 2.52 bits per heavy atom. The van der Waals surface area contributed by atoms with Crippen molar-refractivity contribution in [3.05, 3.63) is 71.4 Å². The molecule has 1 aliphatic rings. The predicted octanol–water partition coefficient (Wildman–Crippen LogP) is 3.11. The molecule has 0 N–H and O–H groups in total. The van der Waals surface area contributed by atoms with Crippen LogP contribution in [0.5, 0.6) is 0 Å². The van der Waals surface area contributed by atoms with Gasteiger partial charge in [-0.1, -0.05) is 48.5 Å². The summed E-state index contributed by atoms with van der Waals surface area (Å²) < 4.78 is 29.4. The van der Waals surface area contributed by atoms with Crippen LogP contribution in [0.1, 0.15) is 16.8 Å². The molecule has 0 bridgehead atoms. The molecule has 0 saturated heterocycles. The Bertz CT molecular complexity index is 1010. The minimum atomic E-state index is -3.26. The van der Waals surface area contributed by atoms with Gasteiger partial charge >= 0.3 is 0 Å². The molecule has 0 amide bonds. The third-order valence-electron chi connectivity index (χ3n) is 5.17. The fourth-order valence-corrected chi connectivity index (χ4v) is 5.19. The second kappa shape index (κ2) is 6.32. The molecule has 0 aliphatic carbocycles. The van der Waals surface area contributed by atoms with E-state index in [9.17, 15) is 8.42 Å². The first-order valence-electron chi connectivity index (χ1n) is 8.63. The Morgan fingerprint density at radius 2 is 1.72 bits per heavy atom. The number of rotatable bonds is 4. The Hall–Kier alpha value is -2.11. The number of benzene rings is 2. The van der Waals surface area contributed by atoms with E-state index in [1.807, 2.05) is 49.5 Å². The van der Waals surface area contributed by atoms with Gasteiger partial charge in [0.25, 0.3) is 0 Å². The average Bonchev–Trinajstić information content (AvgIpc) is 2.94. The van der Waals surface area contributed by atoms with Crippen molar-refractivity contribution < 1.29 is 8.42 Å². The van der Waals surface area contributed by atoms with Crippen LogP contribution in [-0.4, -0.2) is 29.6 Å². The average molecular weight is 354 g/mol. The van der Waals surface area contributed by atoms with Gasteiger partial charge in [-0.25, -0.2) is 8.42 Å². The van der Waals surface area contributed by atoms with Crippen LogP contribution in [0.25, 0.3) is 10.9 Å². The highest BCUT2D eigenvalue weighted by Gasteiger charge is 2.29. The summed E-state index contributed by atoms with van der Waals surface area (Å²) in [6.45, 7) is 1.04. The Balaban J connectivity index is 1.57. The molecule has 4 rings (SSSR count). The normalized spacial score (nSPS) is 15.4. The summed E-state index contributed by atoms with van der Waals surface area (Å²) in [6, 6.07) is 18.1. The van der Waals surface area contributed by atoms with Crippen molar-refractivity contribution in [1.82, 2.24) is 8.87 Å². The van der Waals surface area contributed by atoms with Crippen LogP contribution in [0.2, 0.25) is 0 Å². The van der Waals surface area contributed by atoms with Crippen LogP contribution in [0.15, 0.2) is 54.6 Å². The van der Waals surface area contributed by atoms with Crippen molar-refractivity contribution in [3.63, 3.8) is 0 Å². The third-order valence-corrected chi connectivity index (χ3v) is 6.98. The molecule has 0 fully saturated rings. The zero-order valence-electron chi connectivity index (χ0n) is 14.4. The molecule has 0 radical (unpaired) electrons. The lowest BCUT2D eigenvalue weighted by molar-refractivity contribution is 0.382. The fourth-order valence-electron chi connectivity index (χ4n) is 3.75. The molecule has 4 nitrogen and oxygen atoms in total. The Kier molecular flexibility index (Phi) is 4.13. The molecule has 2 aromatic carbocycles. The molecule has 5 heteroatoms. The lowest BCUT2D eigenvalue weighted by Gasteiger charge is -2.27. The summed E-state index contributed by atoms with van der Waals surface area (Å²) >= 11 is 0. The summed E-state index contributed by atoms with van der Waals surface area (Å²) in [5.74, 6) is 0.163. The molecule has 2 heterocycles. The monoisotopic (exact) mass is 354 g/mol. The number of aromatic nitrogens is 1. The van der Waals surface area contributed by atoms with Gasteiger partial charge in [-0.15, -0.1) is 0 Å². The Morgan fingerprint density at radius 1 is 1.00 bits per heavy atom. The highest BCUT2D eigenvalue weighted by molar-refractivity contribution is 7.89. The van der Waals surface area contributed by atoms with Gasteiger partial charge < -0.3 is 4.57 Å². The molecule has 0 unspecified atom stereocenters. The number of nitrogens with zero attached hydrogens (tertiary/aromatic N) is 2. The smallest absolute Gasteiger partial charge is 0.214 e. The maximum atomic E-state index is 12.8. The minimum Gasteiger partial charge on any atom is -0.346 e. The molecule has 0 saturated carbocycles. The summed E-state index contributed by atoms with van der Waals surface area (Å²) in [4.78, 5) is 0. The minimum absolute atomic E-state index is 0.163. The molecule has 0 atom stereocenters. The summed E-state index contributed by atoms with van der Waals surface area (Å²) in [7, 11) is -1.23. The van der Waals surface area contributed by atoms with E-state index in [4.69, 9.17) is 0 Å². The van der Waals surface area contributed by atoms with Crippen LogP contribution < -0.4 is 0 Å². The van der Waals surface area contributed by atoms with Gasteiger partial charge in [0.05, 0.1) is 12.3 Å². The van der Waals surface area contributed by atoms with E-state index in [-0.39, 0.29) is 5.75 Å². The standard InChI is InChI=1S/C20H22N2O2S/c1-21-19-10-6-5-9-17(19)18-11-13-22(15-20(18)21)25(23,24)14-12-16-7-3-2-4-8-16/h2-10H,11-15H2,1H3. The highest BCUT2D eigenvalue weighted by atomic mass is 32.2. The largest absolute Gasteiger partial charge is 0.346 e. The van der Waals surface area contributed by atoms with Gasteiger partial charge in [-0.05, 0) is 30.0 Å². The van der Waals surface area contributed by atoms with E-state index in [1.54, 1.807) is 4.31 Å². The first-order valence-corrected chi connectivity index (χ1v) is 10.2. The van der Waals surface area contributed by atoms with E-state index in [1.165, 1.54) is 16.5 Å². The predicted molar refractivity (Wildman–Crippen MR) is 101 cm³/mol. The highest BCUT2D eigenvalue weighted by Crippen LogP contribution is 2.30. The van der Waals surface area contributed by atoms with Crippen molar-refractivity contribution in [3.8, 4) is 0 Å². The van der Waals surface area contributed by atoms with Crippen LogP contribution >= 0.6 is 0 Å². The first-order chi connectivity index (χ1) is 12.1. The van der Waals surface area contributed by atoms with Crippen molar-refractivity contribution >= 4 is 20.9 Å². The van der Waals surface area contributed by atoms with Gasteiger partial charge in [-0.3, -0.25) is 0 Å². The van der Waals surface area contributed by atoms with Crippen molar-refractivity contribution in [1.29, 1.82) is 0 Å². The molecule has 130 valence electrons. The van der Waals surface area contributed by atoms with Gasteiger partial charge in [0.2, 0.25) is 10.0 Å². The number of para-hydroxylation sites is 1. The number of hydrogen-bond donors (Lipinski definition) is 0. The molecule has 25 heavy (non-hydrogen) atoms. The van der Waals surface area contributed by atoms with E-state index in [2.05, 4.69) is 16.7 Å². The van der Waals surface area contributed by atoms with E-state index in [0.29, 0.717) is 19.5 Å². The van der Waals surface area contributed by atoms with Crippen LogP contribution in [0.3, 0.4) is 0 Å². The molecular formula is C20H22N2O2S. The summed E-state index contributed by atoms with van der Waals surface area (Å²) in [6.07, 6.45) is 1.34. The SMILES string of the molecule is Cn1c2c(c3ccccc31)CCN(S(=O)(=O)CCc1ccccc1)C2. The quantitative estimate of drug-likeness (QED) is 0.722. The van der Waals surface area contributed by atoms with Gasteiger partial charge in [-0.2, -0.15) is 4.31 Å². The number of aryl methyl sites for hydroxylation is 2. The van der Waals surface area contributed by atoms with Gasteiger partial charge in [0.1, 0.15) is 0 Å². The summed E-state index contributed by atoms with van der Waals surface area (Å²) in [5, 5.41) is 1.25. The fraction of sp³-hybridized carbons (Fsp3) is 0.300.